The van der Waals surface area contributed by atoms with Gasteiger partial charge in [-0.3, -0.25) is 0 Å². The third kappa shape index (κ3) is 1.94. The fourth-order valence-electron chi connectivity index (χ4n) is 1.22. The number of carbonyl (C=O) groups is 1. The predicted molar refractivity (Wildman–Crippen MR) is 50.3 cm³/mol. The van der Waals surface area contributed by atoms with Gasteiger partial charge in [-0.15, -0.1) is 0 Å². The van der Waals surface area contributed by atoms with E-state index in [-0.39, 0.29) is 5.92 Å². The molecule has 0 aromatic heterocycles. The van der Waals surface area contributed by atoms with E-state index in [0.717, 1.165) is 18.3 Å². The van der Waals surface area contributed by atoms with Crippen molar-refractivity contribution in [3.8, 4) is 0 Å². The zero-order valence-corrected chi connectivity index (χ0v) is 7.58. The fourth-order valence-corrected chi connectivity index (χ4v) is 1.22. The van der Waals surface area contributed by atoms with E-state index in [1.165, 1.54) is 5.56 Å². The Hall–Kier alpha value is -1.11. The van der Waals surface area contributed by atoms with Crippen molar-refractivity contribution in [2.75, 3.05) is 0 Å². The Bertz CT molecular complexity index is 248. The van der Waals surface area contributed by atoms with Crippen LogP contribution in [0.25, 0.3) is 0 Å². The van der Waals surface area contributed by atoms with E-state index in [1.54, 1.807) is 0 Å². The highest BCUT2D eigenvalue weighted by molar-refractivity contribution is 5.61. The lowest BCUT2D eigenvalue weighted by molar-refractivity contribution is -0.109. The van der Waals surface area contributed by atoms with Crippen LogP contribution in [0.5, 0.6) is 0 Å². The first-order chi connectivity index (χ1) is 5.77. The van der Waals surface area contributed by atoms with Gasteiger partial charge in [0, 0.05) is 5.92 Å². The summed E-state index contributed by atoms with van der Waals surface area (Å²) >= 11 is 0. The monoisotopic (exact) mass is 162 g/mol. The second-order valence-electron chi connectivity index (χ2n) is 3.06. The zero-order chi connectivity index (χ0) is 8.97. The molecule has 0 saturated carbocycles. The second-order valence-corrected chi connectivity index (χ2v) is 3.06. The van der Waals surface area contributed by atoms with Gasteiger partial charge in [-0.25, -0.2) is 0 Å². The van der Waals surface area contributed by atoms with Gasteiger partial charge >= 0.3 is 0 Å². The van der Waals surface area contributed by atoms with E-state index in [1.807, 2.05) is 38.1 Å². The van der Waals surface area contributed by atoms with Crippen molar-refractivity contribution >= 4 is 6.29 Å². The highest BCUT2D eigenvalue weighted by Crippen LogP contribution is 2.16. The summed E-state index contributed by atoms with van der Waals surface area (Å²) in [5.74, 6) is 0.0746. The molecule has 0 aliphatic heterocycles. The molecular formula is C11H14O. The van der Waals surface area contributed by atoms with Gasteiger partial charge in [0.25, 0.3) is 0 Å². The number of hydrogen-bond acceptors (Lipinski definition) is 1. The first kappa shape index (κ1) is 8.98. The highest BCUT2D eigenvalue weighted by Gasteiger charge is 2.05. The molecule has 0 saturated heterocycles. The van der Waals surface area contributed by atoms with Gasteiger partial charge in [-0.2, -0.15) is 0 Å². The van der Waals surface area contributed by atoms with Gasteiger partial charge in [0.2, 0.25) is 0 Å². The summed E-state index contributed by atoms with van der Waals surface area (Å²) < 4.78 is 0. The Kier molecular flexibility index (Phi) is 3.03. The molecule has 0 aliphatic rings. The molecule has 1 aromatic rings. The molecule has 0 spiro atoms. The Morgan fingerprint density at radius 1 is 1.33 bits per heavy atom. The van der Waals surface area contributed by atoms with Crippen LogP contribution in [0.2, 0.25) is 0 Å². The first-order valence-corrected chi connectivity index (χ1v) is 4.29. The molecule has 1 rings (SSSR count). The van der Waals surface area contributed by atoms with Crippen LogP contribution in [0.3, 0.4) is 0 Å². The largest absolute Gasteiger partial charge is 0.303 e. The van der Waals surface area contributed by atoms with Gasteiger partial charge in [-0.1, -0.05) is 36.8 Å². The summed E-state index contributed by atoms with van der Waals surface area (Å²) in [7, 11) is 0. The number of aldehydes is 1. The van der Waals surface area contributed by atoms with Crippen LogP contribution in [0.1, 0.15) is 30.4 Å². The molecule has 0 heterocycles. The minimum absolute atomic E-state index is 0.0746. The summed E-state index contributed by atoms with van der Waals surface area (Å²) in [4.78, 5) is 10.6. The predicted octanol–water partition coefficient (Wildman–Crippen LogP) is 2.69. The molecule has 1 aromatic carbocycles. The summed E-state index contributed by atoms with van der Waals surface area (Å²) in [5, 5.41) is 0. The summed E-state index contributed by atoms with van der Waals surface area (Å²) in [6.45, 7) is 4.07. The van der Waals surface area contributed by atoms with E-state index in [2.05, 4.69) is 0 Å². The van der Waals surface area contributed by atoms with Gasteiger partial charge < -0.3 is 4.79 Å². The van der Waals surface area contributed by atoms with Gasteiger partial charge in [0.1, 0.15) is 6.29 Å². The van der Waals surface area contributed by atoms with Gasteiger partial charge in [0.05, 0.1) is 0 Å². The number of benzene rings is 1. The Balaban J connectivity index is 2.87. The quantitative estimate of drug-likeness (QED) is 0.624. The van der Waals surface area contributed by atoms with Crippen LogP contribution in [0.4, 0.5) is 0 Å². The molecule has 64 valence electrons. The molecule has 1 atom stereocenters. The smallest absolute Gasteiger partial charge is 0.127 e. The van der Waals surface area contributed by atoms with Crippen LogP contribution < -0.4 is 0 Å². The minimum atomic E-state index is 0.0746. The van der Waals surface area contributed by atoms with Crippen molar-refractivity contribution in [1.29, 1.82) is 0 Å². The van der Waals surface area contributed by atoms with Crippen molar-refractivity contribution in [2.45, 2.75) is 26.2 Å². The topological polar surface area (TPSA) is 17.1 Å². The Morgan fingerprint density at radius 3 is 2.33 bits per heavy atom. The number of aryl methyl sites for hydroxylation is 1. The van der Waals surface area contributed by atoms with E-state index in [9.17, 15) is 4.79 Å². The molecule has 0 N–H and O–H groups in total. The molecule has 0 unspecified atom stereocenters. The third-order valence-electron chi connectivity index (χ3n) is 2.11. The summed E-state index contributed by atoms with van der Waals surface area (Å²) in [6.07, 6.45) is 1.90. The van der Waals surface area contributed by atoms with Crippen LogP contribution in [-0.4, -0.2) is 6.29 Å². The lowest BCUT2D eigenvalue weighted by Crippen LogP contribution is -1.97. The van der Waals surface area contributed by atoms with Crippen LogP contribution in [0, 0.1) is 6.92 Å². The van der Waals surface area contributed by atoms with Gasteiger partial charge in [0.15, 0.2) is 0 Å². The first-order valence-electron chi connectivity index (χ1n) is 4.29. The van der Waals surface area contributed by atoms with Crippen LogP contribution in [-0.2, 0) is 4.79 Å². The van der Waals surface area contributed by atoms with E-state index in [0.29, 0.717) is 0 Å². The molecular weight excluding hydrogens is 148 g/mol. The minimum Gasteiger partial charge on any atom is -0.303 e. The second kappa shape index (κ2) is 4.05. The lowest BCUT2D eigenvalue weighted by Gasteiger charge is -2.06. The van der Waals surface area contributed by atoms with Crippen molar-refractivity contribution in [3.63, 3.8) is 0 Å². The van der Waals surface area contributed by atoms with Crippen LogP contribution in [0.15, 0.2) is 24.3 Å². The Labute approximate surface area is 73.4 Å². The molecule has 0 aliphatic carbocycles. The molecule has 0 amide bonds. The number of carbonyl (C=O) groups excluding carboxylic acids is 1. The van der Waals surface area contributed by atoms with E-state index in [4.69, 9.17) is 0 Å². The standard InChI is InChI=1S/C11H14O/c1-3-10(8-12)11-6-4-9(2)5-7-11/h4-8,10H,3H2,1-2H3/t10-/m0/s1. The normalized spacial score (nSPS) is 12.5. The van der Waals surface area contributed by atoms with Crippen LogP contribution >= 0.6 is 0 Å². The number of rotatable bonds is 3. The maximum atomic E-state index is 10.6. The lowest BCUT2D eigenvalue weighted by atomic mass is 9.97. The maximum Gasteiger partial charge on any atom is 0.127 e. The maximum absolute atomic E-state index is 10.6. The molecule has 0 fully saturated rings. The molecule has 0 radical (unpaired) electrons. The Morgan fingerprint density at radius 2 is 1.92 bits per heavy atom. The van der Waals surface area contributed by atoms with E-state index < -0.39 is 0 Å². The summed E-state index contributed by atoms with van der Waals surface area (Å²) in [5.41, 5.74) is 2.36. The average molecular weight is 162 g/mol. The zero-order valence-electron chi connectivity index (χ0n) is 7.58. The third-order valence-corrected chi connectivity index (χ3v) is 2.11. The SMILES string of the molecule is CC[C@@H](C=O)c1ccc(C)cc1. The van der Waals surface area contributed by atoms with Gasteiger partial charge in [-0.05, 0) is 18.9 Å². The highest BCUT2D eigenvalue weighted by atomic mass is 16.1. The molecule has 1 heteroatoms. The fraction of sp³-hybridized carbons (Fsp3) is 0.364. The van der Waals surface area contributed by atoms with Crippen molar-refractivity contribution in [3.05, 3.63) is 35.4 Å². The molecule has 12 heavy (non-hydrogen) atoms. The average Bonchev–Trinajstić information content (AvgIpc) is 2.10. The molecule has 1 nitrogen and oxygen atoms in total. The van der Waals surface area contributed by atoms with Crippen molar-refractivity contribution < 1.29 is 4.79 Å². The number of hydrogen-bond donors (Lipinski definition) is 0. The molecule has 0 bridgehead atoms. The van der Waals surface area contributed by atoms with Crippen molar-refractivity contribution in [1.82, 2.24) is 0 Å². The van der Waals surface area contributed by atoms with E-state index >= 15 is 0 Å². The van der Waals surface area contributed by atoms with Crippen molar-refractivity contribution in [2.24, 2.45) is 0 Å². The summed E-state index contributed by atoms with van der Waals surface area (Å²) in [6, 6.07) is 8.14.